The molecule has 5 nitrogen and oxygen atoms in total. The lowest BCUT2D eigenvalue weighted by molar-refractivity contribution is -0.127. The predicted octanol–water partition coefficient (Wildman–Crippen LogP) is -2.68. The van der Waals surface area contributed by atoms with Gasteiger partial charge in [0.1, 0.15) is 18.3 Å². The van der Waals surface area contributed by atoms with Crippen LogP contribution in [0.5, 0.6) is 0 Å². The Bertz CT molecular complexity index is 109. The second-order valence-electron chi connectivity index (χ2n) is 1.87. The molecule has 0 aromatic heterocycles. The first-order valence-corrected chi connectivity index (χ1v) is 2.73. The van der Waals surface area contributed by atoms with Crippen molar-refractivity contribution >= 4 is 16.2 Å². The number of hydrogen-bond donors (Lipinski definition) is 4. The Hall–Kier alpha value is -0.0600. The van der Waals surface area contributed by atoms with E-state index in [1.165, 1.54) is 0 Å². The third-order valence-electron chi connectivity index (χ3n) is 1.07. The number of aliphatic hydroxyl groups is 4. The first-order valence-electron chi connectivity index (χ1n) is 2.73. The molecule has 0 aromatic rings. The van der Waals surface area contributed by atoms with E-state index in [-0.39, 0.29) is 16.2 Å². The first-order chi connectivity index (χ1) is 4.63. The zero-order valence-corrected chi connectivity index (χ0v) is 7.33. The Labute approximate surface area is 67.3 Å². The molecular formula is C5H13O5P. The largest absolute Gasteiger partial charge is 0.394 e. The maximum Gasteiger partial charge on any atom is 0.151 e. The SMILES string of the molecule is O=CC(O)C(O)C(O)CO.P. The van der Waals surface area contributed by atoms with E-state index in [9.17, 15) is 4.79 Å². The standard InChI is InChI=1S/C5H10O5.H3P/c6-1-3(8)5(10)4(9)2-7;/h1,3-5,7-10H,2H2;1H3. The molecule has 0 aliphatic carbocycles. The smallest absolute Gasteiger partial charge is 0.151 e. The summed E-state index contributed by atoms with van der Waals surface area (Å²) in [7, 11) is 0. The summed E-state index contributed by atoms with van der Waals surface area (Å²) < 4.78 is 0. The van der Waals surface area contributed by atoms with Crippen LogP contribution in [0, 0.1) is 0 Å². The molecule has 0 fully saturated rings. The van der Waals surface area contributed by atoms with Gasteiger partial charge in [-0.3, -0.25) is 0 Å². The van der Waals surface area contributed by atoms with Crippen molar-refractivity contribution < 1.29 is 25.2 Å². The zero-order valence-electron chi connectivity index (χ0n) is 5.92. The molecule has 4 atom stereocenters. The number of hydrogen-bond acceptors (Lipinski definition) is 5. The Kier molecular flexibility index (Phi) is 8.16. The van der Waals surface area contributed by atoms with Crippen LogP contribution in [0.3, 0.4) is 0 Å². The van der Waals surface area contributed by atoms with E-state index in [1.807, 2.05) is 0 Å². The molecule has 0 rings (SSSR count). The lowest BCUT2D eigenvalue weighted by Crippen LogP contribution is -2.40. The summed E-state index contributed by atoms with van der Waals surface area (Å²) >= 11 is 0. The van der Waals surface area contributed by atoms with Gasteiger partial charge in [-0.25, -0.2) is 0 Å². The van der Waals surface area contributed by atoms with Crippen LogP contribution < -0.4 is 0 Å². The molecule has 0 aromatic carbocycles. The highest BCUT2D eigenvalue weighted by Crippen LogP contribution is 1.96. The molecule has 0 radical (unpaired) electrons. The van der Waals surface area contributed by atoms with E-state index in [4.69, 9.17) is 20.4 Å². The average molecular weight is 184 g/mol. The quantitative estimate of drug-likeness (QED) is 0.282. The summed E-state index contributed by atoms with van der Waals surface area (Å²) in [6, 6.07) is 0. The molecule has 4 unspecified atom stereocenters. The maximum absolute atomic E-state index is 9.76. The van der Waals surface area contributed by atoms with Crippen LogP contribution in [-0.4, -0.2) is 51.6 Å². The fraction of sp³-hybridized carbons (Fsp3) is 0.800. The van der Waals surface area contributed by atoms with Gasteiger partial charge in [0, 0.05) is 0 Å². The summed E-state index contributed by atoms with van der Waals surface area (Å²) in [5, 5.41) is 34.1. The minimum absolute atomic E-state index is 0. The van der Waals surface area contributed by atoms with Gasteiger partial charge in [-0.1, -0.05) is 0 Å². The second-order valence-corrected chi connectivity index (χ2v) is 1.87. The van der Waals surface area contributed by atoms with E-state index < -0.39 is 24.9 Å². The van der Waals surface area contributed by atoms with E-state index in [0.29, 0.717) is 0 Å². The van der Waals surface area contributed by atoms with Crippen molar-refractivity contribution in [3.05, 3.63) is 0 Å². The molecule has 0 spiro atoms. The Morgan fingerprint density at radius 1 is 1.27 bits per heavy atom. The van der Waals surface area contributed by atoms with Gasteiger partial charge in [-0.05, 0) is 0 Å². The number of aldehydes is 1. The van der Waals surface area contributed by atoms with Crippen molar-refractivity contribution in [3.8, 4) is 0 Å². The van der Waals surface area contributed by atoms with Crippen LogP contribution in [0.1, 0.15) is 0 Å². The highest BCUT2D eigenvalue weighted by molar-refractivity contribution is 6.92. The van der Waals surface area contributed by atoms with E-state index >= 15 is 0 Å². The van der Waals surface area contributed by atoms with Gasteiger partial charge >= 0.3 is 0 Å². The summed E-state index contributed by atoms with van der Waals surface area (Å²) in [5.41, 5.74) is 0. The van der Waals surface area contributed by atoms with Crippen LogP contribution in [0.4, 0.5) is 0 Å². The third kappa shape index (κ3) is 4.40. The molecule has 68 valence electrons. The molecule has 6 heteroatoms. The predicted molar refractivity (Wildman–Crippen MR) is 42.3 cm³/mol. The highest BCUT2D eigenvalue weighted by Gasteiger charge is 2.22. The molecule has 0 amide bonds. The third-order valence-corrected chi connectivity index (χ3v) is 1.07. The number of rotatable bonds is 4. The molecule has 0 aliphatic rings. The van der Waals surface area contributed by atoms with Crippen LogP contribution in [0.25, 0.3) is 0 Å². The lowest BCUT2D eigenvalue weighted by Gasteiger charge is -2.16. The molecule has 0 saturated carbocycles. The Balaban J connectivity index is 0. The fourth-order valence-electron chi connectivity index (χ4n) is 0.416. The van der Waals surface area contributed by atoms with Gasteiger partial charge < -0.3 is 25.2 Å². The number of carbonyl (C=O) groups is 1. The van der Waals surface area contributed by atoms with Crippen molar-refractivity contribution in [2.75, 3.05) is 6.61 Å². The summed E-state index contributed by atoms with van der Waals surface area (Å²) in [5.74, 6) is 0. The van der Waals surface area contributed by atoms with Gasteiger partial charge in [0.05, 0.1) is 6.61 Å². The van der Waals surface area contributed by atoms with E-state index in [2.05, 4.69) is 0 Å². The van der Waals surface area contributed by atoms with Crippen molar-refractivity contribution in [3.63, 3.8) is 0 Å². The van der Waals surface area contributed by atoms with Crippen LogP contribution in [-0.2, 0) is 4.79 Å². The molecule has 0 heterocycles. The minimum atomic E-state index is -1.64. The van der Waals surface area contributed by atoms with Crippen molar-refractivity contribution in [2.45, 2.75) is 18.3 Å². The topological polar surface area (TPSA) is 98.0 Å². The summed E-state index contributed by atoms with van der Waals surface area (Å²) in [6.07, 6.45) is -4.63. The van der Waals surface area contributed by atoms with E-state index in [0.717, 1.165) is 0 Å². The Morgan fingerprint density at radius 3 is 2.00 bits per heavy atom. The van der Waals surface area contributed by atoms with Crippen LogP contribution >= 0.6 is 9.90 Å². The highest BCUT2D eigenvalue weighted by atomic mass is 31.0. The van der Waals surface area contributed by atoms with E-state index in [1.54, 1.807) is 0 Å². The van der Waals surface area contributed by atoms with Crippen LogP contribution in [0.2, 0.25) is 0 Å². The molecule has 0 bridgehead atoms. The molecule has 0 saturated heterocycles. The second kappa shape index (κ2) is 6.64. The normalized spacial score (nSPS) is 17.8. The summed E-state index contributed by atoms with van der Waals surface area (Å²) in [4.78, 5) is 9.76. The van der Waals surface area contributed by atoms with Crippen molar-refractivity contribution in [2.24, 2.45) is 0 Å². The van der Waals surface area contributed by atoms with Crippen molar-refractivity contribution in [1.29, 1.82) is 0 Å². The minimum Gasteiger partial charge on any atom is -0.394 e. The van der Waals surface area contributed by atoms with Gasteiger partial charge in [0.25, 0.3) is 0 Å². The monoisotopic (exact) mass is 184 g/mol. The van der Waals surface area contributed by atoms with Crippen LogP contribution in [0.15, 0.2) is 0 Å². The fourth-order valence-corrected chi connectivity index (χ4v) is 0.416. The van der Waals surface area contributed by atoms with Gasteiger partial charge in [-0.15, -0.1) is 0 Å². The first kappa shape index (κ1) is 13.5. The molecule has 11 heavy (non-hydrogen) atoms. The maximum atomic E-state index is 9.76. The molecule has 4 N–H and O–H groups in total. The van der Waals surface area contributed by atoms with Crippen molar-refractivity contribution in [1.82, 2.24) is 0 Å². The number of aliphatic hydroxyl groups excluding tert-OH is 4. The molecular weight excluding hydrogens is 171 g/mol. The summed E-state index contributed by atoms with van der Waals surface area (Å²) in [6.45, 7) is -0.688. The lowest BCUT2D eigenvalue weighted by atomic mass is 10.1. The molecule has 0 aliphatic heterocycles. The van der Waals surface area contributed by atoms with Gasteiger partial charge in [-0.2, -0.15) is 9.90 Å². The Morgan fingerprint density at radius 2 is 1.73 bits per heavy atom. The average Bonchev–Trinajstić information content (AvgIpc) is 2.00. The van der Waals surface area contributed by atoms with Gasteiger partial charge in [0.2, 0.25) is 0 Å². The van der Waals surface area contributed by atoms with Gasteiger partial charge in [0.15, 0.2) is 6.29 Å². The zero-order chi connectivity index (χ0) is 8.15. The number of carbonyl (C=O) groups excluding carboxylic acids is 1.